The lowest BCUT2D eigenvalue weighted by atomic mass is 9.99. The fourth-order valence-corrected chi connectivity index (χ4v) is 3.23. The Kier molecular flexibility index (Phi) is 5.86. The molecule has 6 nitrogen and oxygen atoms in total. The molecule has 1 amide bonds. The van der Waals surface area contributed by atoms with Crippen molar-refractivity contribution in [2.75, 3.05) is 18.8 Å². The summed E-state index contributed by atoms with van der Waals surface area (Å²) in [5, 5.41) is 15.8. The van der Waals surface area contributed by atoms with Crippen LogP contribution in [0.25, 0.3) is 0 Å². The SMILES string of the molecule is CCC(C)(C)NC(=O)CSc1nnc(C2CCCNC2)n1C. The second kappa shape index (κ2) is 7.46. The number of aromatic nitrogens is 3. The van der Waals surface area contributed by atoms with Crippen LogP contribution in [0.5, 0.6) is 0 Å². The number of hydrogen-bond donors (Lipinski definition) is 2. The highest BCUT2D eigenvalue weighted by Crippen LogP contribution is 2.24. The second-order valence-electron chi connectivity index (χ2n) is 6.52. The van der Waals surface area contributed by atoms with Crippen LogP contribution in [0.3, 0.4) is 0 Å². The maximum absolute atomic E-state index is 12.0. The first-order valence-corrected chi connectivity index (χ1v) is 8.95. The normalized spacial score (nSPS) is 19.2. The summed E-state index contributed by atoms with van der Waals surface area (Å²) in [5.74, 6) is 1.86. The minimum absolute atomic E-state index is 0.0423. The van der Waals surface area contributed by atoms with Crippen molar-refractivity contribution in [3.63, 3.8) is 0 Å². The lowest BCUT2D eigenvalue weighted by Gasteiger charge is -2.24. The minimum atomic E-state index is -0.156. The Morgan fingerprint density at radius 3 is 2.91 bits per heavy atom. The molecule has 1 aliphatic heterocycles. The third-order valence-electron chi connectivity index (χ3n) is 4.22. The second-order valence-corrected chi connectivity index (χ2v) is 7.46. The van der Waals surface area contributed by atoms with Crippen LogP contribution in [0.15, 0.2) is 5.16 Å². The maximum atomic E-state index is 12.0. The van der Waals surface area contributed by atoms with Crippen molar-refractivity contribution in [3.05, 3.63) is 5.82 Å². The molecule has 1 aromatic heterocycles. The van der Waals surface area contributed by atoms with E-state index in [1.165, 1.54) is 18.2 Å². The van der Waals surface area contributed by atoms with E-state index in [1.54, 1.807) is 0 Å². The Hall–Kier alpha value is -1.08. The third-order valence-corrected chi connectivity index (χ3v) is 5.24. The van der Waals surface area contributed by atoms with Gasteiger partial charge in [-0.3, -0.25) is 4.79 Å². The number of nitrogens with zero attached hydrogens (tertiary/aromatic N) is 3. The van der Waals surface area contributed by atoms with Crippen molar-refractivity contribution >= 4 is 17.7 Å². The number of hydrogen-bond acceptors (Lipinski definition) is 5. The first-order chi connectivity index (χ1) is 10.4. The first-order valence-electron chi connectivity index (χ1n) is 7.97. The Bertz CT molecular complexity index is 508. The number of nitrogens with one attached hydrogen (secondary N) is 2. The van der Waals surface area contributed by atoms with E-state index in [4.69, 9.17) is 0 Å². The van der Waals surface area contributed by atoms with Gasteiger partial charge in [0, 0.05) is 25.0 Å². The monoisotopic (exact) mass is 325 g/mol. The van der Waals surface area contributed by atoms with Crippen LogP contribution < -0.4 is 10.6 Å². The van der Waals surface area contributed by atoms with Gasteiger partial charge in [0.1, 0.15) is 5.82 Å². The molecule has 0 aromatic carbocycles. The zero-order valence-electron chi connectivity index (χ0n) is 14.0. The van der Waals surface area contributed by atoms with Crippen LogP contribution >= 0.6 is 11.8 Å². The van der Waals surface area contributed by atoms with Gasteiger partial charge in [0.2, 0.25) is 5.91 Å². The van der Waals surface area contributed by atoms with Crippen molar-refractivity contribution in [1.29, 1.82) is 0 Å². The smallest absolute Gasteiger partial charge is 0.230 e. The molecular formula is C15H27N5OS. The lowest BCUT2D eigenvalue weighted by Crippen LogP contribution is -2.43. The molecule has 0 radical (unpaired) electrons. The van der Waals surface area contributed by atoms with Gasteiger partial charge in [0.25, 0.3) is 0 Å². The molecule has 22 heavy (non-hydrogen) atoms. The number of carbonyl (C=O) groups is 1. The summed E-state index contributed by atoms with van der Waals surface area (Å²) in [6.07, 6.45) is 3.23. The summed E-state index contributed by atoms with van der Waals surface area (Å²) in [6.45, 7) is 8.18. The molecule has 0 bridgehead atoms. The zero-order chi connectivity index (χ0) is 16.2. The van der Waals surface area contributed by atoms with Gasteiger partial charge in [-0.1, -0.05) is 18.7 Å². The summed E-state index contributed by atoms with van der Waals surface area (Å²) in [5.41, 5.74) is -0.156. The van der Waals surface area contributed by atoms with Crippen LogP contribution in [-0.4, -0.2) is 45.1 Å². The van der Waals surface area contributed by atoms with Crippen molar-refractivity contribution in [2.45, 2.75) is 56.6 Å². The highest BCUT2D eigenvalue weighted by atomic mass is 32.2. The molecule has 7 heteroatoms. The number of thioether (sulfide) groups is 1. The Labute approximate surface area is 136 Å². The van der Waals surface area contributed by atoms with E-state index in [2.05, 4.69) is 27.8 Å². The van der Waals surface area contributed by atoms with Crippen LogP contribution in [-0.2, 0) is 11.8 Å². The molecule has 2 rings (SSSR count). The molecule has 1 atom stereocenters. The minimum Gasteiger partial charge on any atom is -0.351 e. The number of carbonyl (C=O) groups excluding carboxylic acids is 1. The Morgan fingerprint density at radius 1 is 1.50 bits per heavy atom. The Morgan fingerprint density at radius 2 is 2.27 bits per heavy atom. The molecule has 0 aliphatic carbocycles. The molecule has 0 spiro atoms. The summed E-state index contributed by atoms with van der Waals surface area (Å²) >= 11 is 1.45. The van der Waals surface area contributed by atoms with Crippen molar-refractivity contribution in [2.24, 2.45) is 7.05 Å². The number of amides is 1. The van der Waals surface area contributed by atoms with E-state index in [1.807, 2.05) is 25.5 Å². The van der Waals surface area contributed by atoms with E-state index in [9.17, 15) is 4.79 Å². The average molecular weight is 325 g/mol. The predicted molar refractivity (Wildman–Crippen MR) is 89.1 cm³/mol. The van der Waals surface area contributed by atoms with Gasteiger partial charge >= 0.3 is 0 Å². The van der Waals surface area contributed by atoms with Crippen LogP contribution in [0, 0.1) is 0 Å². The summed E-state index contributed by atoms with van der Waals surface area (Å²) in [7, 11) is 1.99. The average Bonchev–Trinajstić information content (AvgIpc) is 2.87. The van der Waals surface area contributed by atoms with Gasteiger partial charge in [-0.05, 0) is 39.7 Å². The van der Waals surface area contributed by atoms with Crippen LogP contribution in [0.4, 0.5) is 0 Å². The third kappa shape index (κ3) is 4.46. The van der Waals surface area contributed by atoms with Crippen LogP contribution in [0.1, 0.15) is 51.8 Å². The summed E-state index contributed by atoms with van der Waals surface area (Å²) in [6, 6.07) is 0. The number of piperidine rings is 1. The van der Waals surface area contributed by atoms with Gasteiger partial charge < -0.3 is 15.2 Å². The van der Waals surface area contributed by atoms with E-state index >= 15 is 0 Å². The number of rotatable bonds is 6. The van der Waals surface area contributed by atoms with Gasteiger partial charge in [-0.25, -0.2) is 0 Å². The molecule has 1 saturated heterocycles. The van der Waals surface area contributed by atoms with Gasteiger partial charge in [-0.2, -0.15) is 0 Å². The van der Waals surface area contributed by atoms with Crippen molar-refractivity contribution in [3.8, 4) is 0 Å². The Balaban J connectivity index is 1.91. The predicted octanol–water partition coefficient (Wildman–Crippen LogP) is 1.68. The molecule has 124 valence electrons. The fourth-order valence-electron chi connectivity index (χ4n) is 2.51. The van der Waals surface area contributed by atoms with Crippen LogP contribution in [0.2, 0.25) is 0 Å². The molecule has 0 saturated carbocycles. The largest absolute Gasteiger partial charge is 0.351 e. The highest BCUT2D eigenvalue weighted by molar-refractivity contribution is 7.99. The standard InChI is InChI=1S/C15H27N5OS/c1-5-15(2,3)17-12(21)10-22-14-19-18-13(20(14)4)11-7-6-8-16-9-11/h11,16H,5-10H2,1-4H3,(H,17,21). The first kappa shape index (κ1) is 17.3. The lowest BCUT2D eigenvalue weighted by molar-refractivity contribution is -0.120. The zero-order valence-corrected chi connectivity index (χ0v) is 14.8. The van der Waals surface area contributed by atoms with Crippen molar-refractivity contribution < 1.29 is 4.79 Å². The molecule has 1 aromatic rings. The van der Waals surface area contributed by atoms with Crippen molar-refractivity contribution in [1.82, 2.24) is 25.4 Å². The highest BCUT2D eigenvalue weighted by Gasteiger charge is 2.23. The maximum Gasteiger partial charge on any atom is 0.230 e. The molecular weight excluding hydrogens is 298 g/mol. The van der Waals surface area contributed by atoms with E-state index < -0.39 is 0 Å². The molecule has 2 N–H and O–H groups in total. The summed E-state index contributed by atoms with van der Waals surface area (Å²) < 4.78 is 2.03. The fraction of sp³-hybridized carbons (Fsp3) is 0.800. The quantitative estimate of drug-likeness (QED) is 0.779. The van der Waals surface area contributed by atoms with E-state index in [0.29, 0.717) is 11.7 Å². The molecule has 1 aliphatic rings. The molecule has 2 heterocycles. The summed E-state index contributed by atoms with van der Waals surface area (Å²) in [4.78, 5) is 12.0. The topological polar surface area (TPSA) is 71.8 Å². The molecule has 1 unspecified atom stereocenters. The van der Waals surface area contributed by atoms with E-state index in [-0.39, 0.29) is 11.4 Å². The van der Waals surface area contributed by atoms with Gasteiger partial charge in [0.05, 0.1) is 5.75 Å². The van der Waals surface area contributed by atoms with Gasteiger partial charge in [-0.15, -0.1) is 10.2 Å². The van der Waals surface area contributed by atoms with Gasteiger partial charge in [0.15, 0.2) is 5.16 Å². The van der Waals surface area contributed by atoms with E-state index in [0.717, 1.165) is 36.9 Å². The molecule has 1 fully saturated rings.